The predicted octanol–water partition coefficient (Wildman–Crippen LogP) is 4.91. The lowest BCUT2D eigenvalue weighted by atomic mass is 10.1. The number of anilines is 2. The molecular weight excluding hydrogens is 423 g/mol. The lowest BCUT2D eigenvalue weighted by Crippen LogP contribution is -2.34. The Morgan fingerprint density at radius 1 is 0.867 bits per heavy atom. The second-order valence-corrected chi connectivity index (χ2v) is 8.40. The molecule has 8 heteroatoms. The van der Waals surface area contributed by atoms with Gasteiger partial charge in [0.05, 0.1) is 15.6 Å². The molecule has 1 aliphatic heterocycles. The van der Waals surface area contributed by atoms with Crippen LogP contribution in [0.3, 0.4) is 0 Å². The number of piperidine rings is 1. The van der Waals surface area contributed by atoms with Crippen LogP contribution in [0.25, 0.3) is 11.1 Å². The number of hydrogen-bond acceptors (Lipinski definition) is 5. The molecule has 1 saturated heterocycles. The molecule has 3 aromatic rings. The van der Waals surface area contributed by atoms with Gasteiger partial charge in [-0.3, -0.25) is 4.57 Å². The van der Waals surface area contributed by atoms with Crippen molar-refractivity contribution in [2.24, 2.45) is 0 Å². The Balaban J connectivity index is 1.36. The Morgan fingerprint density at radius 2 is 1.57 bits per heavy atom. The van der Waals surface area contributed by atoms with Gasteiger partial charge < -0.3 is 20.0 Å². The Morgan fingerprint density at radius 3 is 2.30 bits per heavy atom. The van der Waals surface area contributed by atoms with Gasteiger partial charge in [-0.05, 0) is 62.3 Å². The van der Waals surface area contributed by atoms with Crippen LogP contribution in [-0.2, 0) is 6.54 Å². The quantitative estimate of drug-likeness (QED) is 0.479. The number of hydrogen-bond donors (Lipinski definition) is 2. The smallest absolute Gasteiger partial charge is 0.408 e. The average molecular weight is 449 g/mol. The number of nitrogens with zero attached hydrogens (tertiary/aromatic N) is 2. The number of likely N-dealkylation sites (tertiary alicyclic amines) is 1. The highest BCUT2D eigenvalue weighted by molar-refractivity contribution is 6.42. The van der Waals surface area contributed by atoms with Crippen LogP contribution in [0.4, 0.5) is 11.4 Å². The fraction of sp³-hybridized carbons (Fsp3) is 0.409. The third-order valence-corrected chi connectivity index (χ3v) is 6.20. The minimum atomic E-state index is -0.291. The Labute approximate surface area is 185 Å². The van der Waals surface area contributed by atoms with E-state index in [0.29, 0.717) is 35.3 Å². The summed E-state index contributed by atoms with van der Waals surface area (Å²) in [6, 6.07) is 11.2. The van der Waals surface area contributed by atoms with Gasteiger partial charge in [0.2, 0.25) is 0 Å². The van der Waals surface area contributed by atoms with Gasteiger partial charge >= 0.3 is 5.76 Å². The van der Waals surface area contributed by atoms with Crippen LogP contribution < -0.4 is 16.4 Å². The van der Waals surface area contributed by atoms with Crippen LogP contribution in [0.15, 0.2) is 45.6 Å². The molecule has 0 radical (unpaired) electrons. The molecule has 0 bridgehead atoms. The van der Waals surface area contributed by atoms with E-state index in [4.69, 9.17) is 27.6 Å². The van der Waals surface area contributed by atoms with Crippen LogP contribution in [0.2, 0.25) is 10.0 Å². The number of halogens is 2. The standard InChI is InChI=1S/C22H26Cl2N4O2/c23-18-6-4-16(14-19(18)24)25-8-9-26-17-5-7-21-20(15-17)28(22(29)30-21)13-12-27-10-2-1-3-11-27/h4-7,14-15,25-26H,1-3,8-13H2. The summed E-state index contributed by atoms with van der Waals surface area (Å²) in [5.74, 6) is -0.291. The monoisotopic (exact) mass is 448 g/mol. The summed E-state index contributed by atoms with van der Waals surface area (Å²) in [4.78, 5) is 14.7. The van der Waals surface area contributed by atoms with E-state index in [1.807, 2.05) is 30.3 Å². The first-order valence-corrected chi connectivity index (χ1v) is 11.1. The van der Waals surface area contributed by atoms with Crippen LogP contribution >= 0.6 is 23.2 Å². The highest BCUT2D eigenvalue weighted by atomic mass is 35.5. The second-order valence-electron chi connectivity index (χ2n) is 7.59. The molecule has 30 heavy (non-hydrogen) atoms. The van der Waals surface area contributed by atoms with Crippen LogP contribution in [-0.4, -0.2) is 42.2 Å². The van der Waals surface area contributed by atoms with Crippen molar-refractivity contribution in [3.8, 4) is 0 Å². The lowest BCUT2D eigenvalue weighted by Gasteiger charge is -2.26. The zero-order chi connectivity index (χ0) is 20.9. The third-order valence-electron chi connectivity index (χ3n) is 5.46. The van der Waals surface area contributed by atoms with Crippen molar-refractivity contribution in [1.29, 1.82) is 0 Å². The molecular formula is C22H26Cl2N4O2. The van der Waals surface area contributed by atoms with Crippen LogP contribution in [0.5, 0.6) is 0 Å². The van der Waals surface area contributed by atoms with E-state index in [0.717, 1.165) is 36.5 Å². The molecule has 2 aromatic carbocycles. The fourth-order valence-corrected chi connectivity index (χ4v) is 4.13. The molecule has 2 N–H and O–H groups in total. The van der Waals surface area contributed by atoms with Gasteiger partial charge in [-0.2, -0.15) is 0 Å². The van der Waals surface area contributed by atoms with Gasteiger partial charge in [-0.15, -0.1) is 0 Å². The molecule has 0 unspecified atom stereocenters. The second kappa shape index (κ2) is 9.77. The van der Waals surface area contributed by atoms with Crippen LogP contribution in [0, 0.1) is 0 Å². The van der Waals surface area contributed by atoms with Crippen molar-refractivity contribution in [3.63, 3.8) is 0 Å². The summed E-state index contributed by atoms with van der Waals surface area (Å²) < 4.78 is 7.16. The maximum absolute atomic E-state index is 12.3. The van der Waals surface area contributed by atoms with Gasteiger partial charge in [0, 0.05) is 37.6 Å². The molecule has 4 rings (SSSR count). The maximum atomic E-state index is 12.3. The highest BCUT2D eigenvalue weighted by Gasteiger charge is 2.14. The SMILES string of the molecule is O=c1oc2ccc(NCCNc3ccc(Cl)c(Cl)c3)cc2n1CCN1CCCCC1. The zero-order valence-electron chi connectivity index (χ0n) is 16.8. The average Bonchev–Trinajstić information content (AvgIpc) is 3.07. The summed E-state index contributed by atoms with van der Waals surface area (Å²) in [7, 11) is 0. The first-order valence-electron chi connectivity index (χ1n) is 10.4. The summed E-state index contributed by atoms with van der Waals surface area (Å²) in [5.41, 5.74) is 3.33. The number of benzene rings is 2. The van der Waals surface area contributed by atoms with E-state index in [-0.39, 0.29) is 5.76 Å². The van der Waals surface area contributed by atoms with E-state index in [1.54, 1.807) is 10.6 Å². The van der Waals surface area contributed by atoms with Crippen LogP contribution in [0.1, 0.15) is 19.3 Å². The molecule has 0 aliphatic carbocycles. The minimum absolute atomic E-state index is 0.291. The molecule has 1 fully saturated rings. The van der Waals surface area contributed by atoms with Gasteiger partial charge in [0.1, 0.15) is 0 Å². The fourth-order valence-electron chi connectivity index (χ4n) is 3.83. The van der Waals surface area contributed by atoms with Crippen molar-refractivity contribution >= 4 is 45.7 Å². The summed E-state index contributed by atoms with van der Waals surface area (Å²) in [6.07, 6.45) is 3.79. The summed E-state index contributed by atoms with van der Waals surface area (Å²) in [5, 5.41) is 7.77. The summed E-state index contributed by atoms with van der Waals surface area (Å²) >= 11 is 12.0. The predicted molar refractivity (Wildman–Crippen MR) is 124 cm³/mol. The molecule has 1 aromatic heterocycles. The Kier molecular flexibility index (Phi) is 6.87. The van der Waals surface area contributed by atoms with Crippen molar-refractivity contribution in [3.05, 3.63) is 57.0 Å². The van der Waals surface area contributed by atoms with E-state index >= 15 is 0 Å². The first kappa shape index (κ1) is 21.1. The lowest BCUT2D eigenvalue weighted by molar-refractivity contribution is 0.219. The molecule has 1 aliphatic rings. The number of fused-ring (bicyclic) bond motifs is 1. The Hall–Kier alpha value is -2.15. The molecule has 0 spiro atoms. The molecule has 0 amide bonds. The van der Waals surface area contributed by atoms with E-state index in [1.165, 1.54) is 19.3 Å². The van der Waals surface area contributed by atoms with E-state index in [2.05, 4.69) is 15.5 Å². The third kappa shape index (κ3) is 5.12. The molecule has 0 atom stereocenters. The molecule has 2 heterocycles. The topological polar surface area (TPSA) is 62.4 Å². The van der Waals surface area contributed by atoms with Crippen molar-refractivity contribution in [2.75, 3.05) is 43.4 Å². The highest BCUT2D eigenvalue weighted by Crippen LogP contribution is 2.25. The largest absolute Gasteiger partial charge is 0.419 e. The zero-order valence-corrected chi connectivity index (χ0v) is 18.3. The minimum Gasteiger partial charge on any atom is -0.408 e. The number of aromatic nitrogens is 1. The molecule has 0 saturated carbocycles. The van der Waals surface area contributed by atoms with Crippen molar-refractivity contribution in [1.82, 2.24) is 9.47 Å². The van der Waals surface area contributed by atoms with Gasteiger partial charge in [0.15, 0.2) is 5.58 Å². The number of nitrogens with one attached hydrogen (secondary N) is 2. The van der Waals surface area contributed by atoms with E-state index in [9.17, 15) is 4.79 Å². The molecule has 6 nitrogen and oxygen atoms in total. The van der Waals surface area contributed by atoms with E-state index < -0.39 is 0 Å². The van der Waals surface area contributed by atoms with Gasteiger partial charge in [0.25, 0.3) is 0 Å². The molecule has 160 valence electrons. The number of oxazole rings is 1. The van der Waals surface area contributed by atoms with Gasteiger partial charge in [-0.1, -0.05) is 29.6 Å². The van der Waals surface area contributed by atoms with Gasteiger partial charge in [-0.25, -0.2) is 4.79 Å². The van der Waals surface area contributed by atoms with Crippen molar-refractivity contribution < 1.29 is 4.42 Å². The van der Waals surface area contributed by atoms with Crippen molar-refractivity contribution in [2.45, 2.75) is 25.8 Å². The maximum Gasteiger partial charge on any atom is 0.419 e. The normalized spacial score (nSPS) is 14.9. The first-order chi connectivity index (χ1) is 14.6. The summed E-state index contributed by atoms with van der Waals surface area (Å²) in [6.45, 7) is 5.17. The number of rotatable bonds is 8. The Bertz CT molecular complexity index is 1060.